The van der Waals surface area contributed by atoms with Gasteiger partial charge in [0.25, 0.3) is 0 Å². The molecule has 1 aromatic carbocycles. The van der Waals surface area contributed by atoms with Crippen LogP contribution in [0, 0.1) is 0 Å². The van der Waals surface area contributed by atoms with Gasteiger partial charge in [0.15, 0.2) is 16.8 Å². The molecule has 0 aliphatic rings. The summed E-state index contributed by atoms with van der Waals surface area (Å²) in [6.45, 7) is 4.35. The van der Waals surface area contributed by atoms with Crippen LogP contribution in [-0.4, -0.2) is 37.2 Å². The van der Waals surface area contributed by atoms with Gasteiger partial charge in [-0.05, 0) is 49.7 Å². The second-order valence-corrected chi connectivity index (χ2v) is 7.11. The van der Waals surface area contributed by atoms with E-state index in [4.69, 9.17) is 0 Å². The summed E-state index contributed by atoms with van der Waals surface area (Å²) in [4.78, 5) is 27.7. The monoisotopic (exact) mass is 395 g/mol. The zero-order valence-electron chi connectivity index (χ0n) is 15.8. The van der Waals surface area contributed by atoms with Gasteiger partial charge in [-0.15, -0.1) is 10.2 Å². The number of rotatable bonds is 8. The molecule has 8 heteroatoms. The summed E-state index contributed by atoms with van der Waals surface area (Å²) in [5, 5.41) is 12.1. The average molecular weight is 395 g/mol. The highest BCUT2D eigenvalue weighted by atomic mass is 32.2. The third-order valence-electron chi connectivity index (χ3n) is 3.99. The summed E-state index contributed by atoms with van der Waals surface area (Å²) >= 11 is 1.34. The number of nitrogens with one attached hydrogen (secondary N) is 1. The molecule has 0 fully saturated rings. The Balaban J connectivity index is 1.66. The topological polar surface area (TPSA) is 89.8 Å². The number of amides is 1. The lowest BCUT2D eigenvalue weighted by atomic mass is 10.1. The number of anilines is 1. The minimum atomic E-state index is -0.144. The molecule has 2 aromatic heterocycles. The van der Waals surface area contributed by atoms with E-state index in [1.807, 2.05) is 16.7 Å². The number of Topliss-reactive ketones (excluding diaryl/α,β-unsaturated/α-hetero) is 1. The summed E-state index contributed by atoms with van der Waals surface area (Å²) in [5.41, 5.74) is 2.16. The molecule has 1 N–H and O–H groups in total. The fourth-order valence-corrected chi connectivity index (χ4v) is 3.41. The number of carbonyl (C=O) groups excluding carboxylic acids is 2. The quantitative estimate of drug-likeness (QED) is 0.462. The molecule has 0 aliphatic carbocycles. The van der Waals surface area contributed by atoms with E-state index in [1.165, 1.54) is 18.7 Å². The van der Waals surface area contributed by atoms with Crippen LogP contribution >= 0.6 is 11.8 Å². The number of hydrogen-bond donors (Lipinski definition) is 1. The lowest BCUT2D eigenvalue weighted by Gasteiger charge is -2.09. The van der Waals surface area contributed by atoms with Gasteiger partial charge < -0.3 is 9.88 Å². The number of ketones is 1. The maximum absolute atomic E-state index is 12.3. The molecular formula is C20H21N5O2S. The number of carbonyl (C=O) groups is 2. The van der Waals surface area contributed by atoms with E-state index in [0.717, 1.165) is 24.4 Å². The molecule has 0 aliphatic heterocycles. The minimum absolute atomic E-state index is 0.00638. The first-order valence-electron chi connectivity index (χ1n) is 8.95. The summed E-state index contributed by atoms with van der Waals surface area (Å²) < 4.78 is 2.01. The molecule has 0 radical (unpaired) electrons. The van der Waals surface area contributed by atoms with Gasteiger partial charge in [0, 0.05) is 35.8 Å². The van der Waals surface area contributed by atoms with E-state index < -0.39 is 0 Å². The Hall–Kier alpha value is -3.00. The fourth-order valence-electron chi connectivity index (χ4n) is 2.64. The van der Waals surface area contributed by atoms with Crippen LogP contribution in [0.2, 0.25) is 0 Å². The number of pyridine rings is 1. The SMILES string of the molecule is CCCn1c(SCC(=O)Nc2ccc(C(C)=O)cc2)nnc1-c1cccnc1. The fraction of sp³-hybridized carbons (Fsp3) is 0.250. The van der Waals surface area contributed by atoms with Crippen molar-refractivity contribution in [3.05, 3.63) is 54.4 Å². The van der Waals surface area contributed by atoms with Gasteiger partial charge in [0.1, 0.15) is 0 Å². The van der Waals surface area contributed by atoms with Crippen LogP contribution in [0.1, 0.15) is 30.6 Å². The molecule has 0 saturated heterocycles. The molecule has 144 valence electrons. The molecule has 0 spiro atoms. The van der Waals surface area contributed by atoms with Gasteiger partial charge >= 0.3 is 0 Å². The number of benzene rings is 1. The van der Waals surface area contributed by atoms with E-state index >= 15 is 0 Å². The van der Waals surface area contributed by atoms with Crippen molar-refractivity contribution in [3.8, 4) is 11.4 Å². The van der Waals surface area contributed by atoms with Crippen LogP contribution in [-0.2, 0) is 11.3 Å². The highest BCUT2D eigenvalue weighted by Gasteiger charge is 2.15. The van der Waals surface area contributed by atoms with Crippen molar-refractivity contribution in [1.82, 2.24) is 19.7 Å². The minimum Gasteiger partial charge on any atom is -0.325 e. The Kier molecular flexibility index (Phi) is 6.54. The van der Waals surface area contributed by atoms with Gasteiger partial charge in [0.2, 0.25) is 5.91 Å². The smallest absolute Gasteiger partial charge is 0.234 e. The third-order valence-corrected chi connectivity index (χ3v) is 4.96. The van der Waals surface area contributed by atoms with Crippen molar-refractivity contribution in [2.75, 3.05) is 11.1 Å². The van der Waals surface area contributed by atoms with E-state index in [-0.39, 0.29) is 17.4 Å². The summed E-state index contributed by atoms with van der Waals surface area (Å²) in [6.07, 6.45) is 4.39. The predicted octanol–water partition coefficient (Wildman–Crippen LogP) is 3.68. The molecule has 2 heterocycles. The third kappa shape index (κ3) is 4.83. The molecule has 0 saturated carbocycles. The maximum atomic E-state index is 12.3. The molecule has 3 rings (SSSR count). The first-order chi connectivity index (χ1) is 13.6. The van der Waals surface area contributed by atoms with Crippen molar-refractivity contribution in [1.29, 1.82) is 0 Å². The Morgan fingerprint density at radius 2 is 1.93 bits per heavy atom. The van der Waals surface area contributed by atoms with Gasteiger partial charge in [-0.2, -0.15) is 0 Å². The summed E-state index contributed by atoms with van der Waals surface area (Å²) in [6, 6.07) is 10.6. The van der Waals surface area contributed by atoms with E-state index in [0.29, 0.717) is 16.4 Å². The first kappa shape index (κ1) is 19.8. The van der Waals surface area contributed by atoms with Gasteiger partial charge in [-0.3, -0.25) is 14.6 Å². The highest BCUT2D eigenvalue weighted by molar-refractivity contribution is 7.99. The largest absolute Gasteiger partial charge is 0.325 e. The predicted molar refractivity (Wildman–Crippen MR) is 109 cm³/mol. The van der Waals surface area contributed by atoms with Crippen LogP contribution in [0.5, 0.6) is 0 Å². The second-order valence-electron chi connectivity index (χ2n) is 6.17. The van der Waals surface area contributed by atoms with Crippen molar-refractivity contribution in [2.45, 2.75) is 32.0 Å². The van der Waals surface area contributed by atoms with Crippen molar-refractivity contribution >= 4 is 29.1 Å². The molecule has 28 heavy (non-hydrogen) atoms. The van der Waals surface area contributed by atoms with Crippen LogP contribution < -0.4 is 5.32 Å². The van der Waals surface area contributed by atoms with E-state index in [1.54, 1.807) is 36.7 Å². The lowest BCUT2D eigenvalue weighted by molar-refractivity contribution is -0.113. The molecule has 1 amide bonds. The number of nitrogens with zero attached hydrogens (tertiary/aromatic N) is 4. The van der Waals surface area contributed by atoms with Crippen molar-refractivity contribution in [2.24, 2.45) is 0 Å². The number of aromatic nitrogens is 4. The Morgan fingerprint density at radius 1 is 1.14 bits per heavy atom. The number of hydrogen-bond acceptors (Lipinski definition) is 6. The van der Waals surface area contributed by atoms with Crippen LogP contribution in [0.4, 0.5) is 5.69 Å². The van der Waals surface area contributed by atoms with E-state index in [9.17, 15) is 9.59 Å². The molecule has 0 unspecified atom stereocenters. The van der Waals surface area contributed by atoms with Gasteiger partial charge in [-0.25, -0.2) is 0 Å². The molecular weight excluding hydrogens is 374 g/mol. The van der Waals surface area contributed by atoms with Gasteiger partial charge in [0.05, 0.1) is 5.75 Å². The zero-order chi connectivity index (χ0) is 19.9. The lowest BCUT2D eigenvalue weighted by Crippen LogP contribution is -2.14. The standard InChI is InChI=1S/C20H21N5O2S/c1-3-11-25-19(16-5-4-10-21-12-16)23-24-20(25)28-13-18(27)22-17-8-6-15(7-9-17)14(2)26/h4-10,12H,3,11,13H2,1-2H3,(H,22,27). The van der Waals surface area contributed by atoms with Crippen LogP contribution in [0.25, 0.3) is 11.4 Å². The second kappa shape index (κ2) is 9.27. The average Bonchev–Trinajstić information content (AvgIpc) is 3.10. The van der Waals surface area contributed by atoms with Crippen molar-refractivity contribution < 1.29 is 9.59 Å². The Labute approximate surface area is 167 Å². The first-order valence-corrected chi connectivity index (χ1v) is 9.94. The Morgan fingerprint density at radius 3 is 2.57 bits per heavy atom. The Bertz CT molecular complexity index is 954. The molecule has 0 bridgehead atoms. The maximum Gasteiger partial charge on any atom is 0.234 e. The van der Waals surface area contributed by atoms with E-state index in [2.05, 4.69) is 27.4 Å². The molecule has 7 nitrogen and oxygen atoms in total. The summed E-state index contributed by atoms with van der Waals surface area (Å²) in [7, 11) is 0. The number of thioether (sulfide) groups is 1. The normalized spacial score (nSPS) is 10.6. The van der Waals surface area contributed by atoms with Crippen LogP contribution in [0.3, 0.4) is 0 Å². The van der Waals surface area contributed by atoms with Crippen LogP contribution in [0.15, 0.2) is 53.9 Å². The van der Waals surface area contributed by atoms with Crippen molar-refractivity contribution in [3.63, 3.8) is 0 Å². The highest BCUT2D eigenvalue weighted by Crippen LogP contribution is 2.24. The molecule has 0 atom stereocenters. The summed E-state index contributed by atoms with van der Waals surface area (Å²) in [5.74, 6) is 0.809. The zero-order valence-corrected chi connectivity index (χ0v) is 16.6. The molecule has 3 aromatic rings. The van der Waals surface area contributed by atoms with Gasteiger partial charge in [-0.1, -0.05) is 18.7 Å².